The number of amides is 1. The van der Waals surface area contributed by atoms with Crippen LogP contribution in [0.1, 0.15) is 25.7 Å². The van der Waals surface area contributed by atoms with Gasteiger partial charge in [-0.2, -0.15) is 0 Å². The van der Waals surface area contributed by atoms with E-state index in [9.17, 15) is 4.79 Å². The zero-order valence-electron chi connectivity index (χ0n) is 12.1. The summed E-state index contributed by atoms with van der Waals surface area (Å²) in [6.45, 7) is 2.35. The molecular formula is C16H22BrNO3. The van der Waals surface area contributed by atoms with Crippen molar-refractivity contribution in [3.8, 4) is 5.75 Å². The van der Waals surface area contributed by atoms with Crippen LogP contribution in [-0.4, -0.2) is 42.2 Å². The molecule has 0 saturated carbocycles. The van der Waals surface area contributed by atoms with Crippen molar-refractivity contribution in [1.82, 2.24) is 4.90 Å². The number of aliphatic hydroxyl groups is 1. The van der Waals surface area contributed by atoms with E-state index < -0.39 is 0 Å². The Morgan fingerprint density at radius 3 is 2.57 bits per heavy atom. The van der Waals surface area contributed by atoms with Crippen molar-refractivity contribution in [3.05, 3.63) is 28.7 Å². The van der Waals surface area contributed by atoms with Gasteiger partial charge in [0, 0.05) is 30.6 Å². The van der Waals surface area contributed by atoms with Crippen molar-refractivity contribution in [2.75, 3.05) is 26.3 Å². The number of carbonyl (C=O) groups is 1. The zero-order valence-corrected chi connectivity index (χ0v) is 13.7. The van der Waals surface area contributed by atoms with E-state index in [2.05, 4.69) is 15.9 Å². The highest BCUT2D eigenvalue weighted by Gasteiger charge is 2.21. The first-order chi connectivity index (χ1) is 10.2. The molecule has 1 saturated heterocycles. The molecule has 4 nitrogen and oxygen atoms in total. The highest BCUT2D eigenvalue weighted by molar-refractivity contribution is 9.10. The number of carbonyl (C=O) groups excluding carboxylic acids is 1. The molecule has 1 fully saturated rings. The smallest absolute Gasteiger partial charge is 0.222 e. The number of rotatable bonds is 6. The standard InChI is InChI=1S/C16H22BrNO3/c17-14-3-5-15(6-4-14)21-11-1-2-16(20)18-9-7-13(12-19)8-10-18/h3-6,13,19H,1-2,7-12H2. The Morgan fingerprint density at radius 1 is 1.29 bits per heavy atom. The fourth-order valence-electron chi connectivity index (χ4n) is 2.47. The quantitative estimate of drug-likeness (QED) is 0.798. The minimum absolute atomic E-state index is 0.200. The first-order valence-corrected chi connectivity index (χ1v) is 8.25. The van der Waals surface area contributed by atoms with Gasteiger partial charge in [0.2, 0.25) is 5.91 Å². The summed E-state index contributed by atoms with van der Waals surface area (Å²) >= 11 is 3.38. The third-order valence-corrected chi connectivity index (χ3v) is 4.37. The van der Waals surface area contributed by atoms with Crippen molar-refractivity contribution in [2.24, 2.45) is 5.92 Å². The van der Waals surface area contributed by atoms with Gasteiger partial charge in [-0.25, -0.2) is 0 Å². The third-order valence-electron chi connectivity index (χ3n) is 3.84. The zero-order chi connectivity index (χ0) is 15.1. The lowest BCUT2D eigenvalue weighted by Gasteiger charge is -2.31. The fraction of sp³-hybridized carbons (Fsp3) is 0.562. The lowest BCUT2D eigenvalue weighted by molar-refractivity contribution is -0.133. The van der Waals surface area contributed by atoms with Crippen LogP contribution in [0.3, 0.4) is 0 Å². The summed E-state index contributed by atoms with van der Waals surface area (Å²) in [7, 11) is 0. The van der Waals surface area contributed by atoms with Crippen LogP contribution in [0.25, 0.3) is 0 Å². The molecule has 0 spiro atoms. The molecule has 1 aliphatic heterocycles. The van der Waals surface area contributed by atoms with Crippen LogP contribution < -0.4 is 4.74 Å². The van der Waals surface area contributed by atoms with Crippen molar-refractivity contribution in [3.63, 3.8) is 0 Å². The van der Waals surface area contributed by atoms with Crippen LogP contribution >= 0.6 is 15.9 Å². The maximum atomic E-state index is 12.1. The second kappa shape index (κ2) is 8.39. The van der Waals surface area contributed by atoms with Gasteiger partial charge >= 0.3 is 0 Å². The van der Waals surface area contributed by atoms with Crippen LogP contribution in [0.15, 0.2) is 28.7 Å². The third kappa shape index (κ3) is 5.32. The Balaban J connectivity index is 1.62. The largest absolute Gasteiger partial charge is 0.494 e. The lowest BCUT2D eigenvalue weighted by Crippen LogP contribution is -2.39. The molecule has 0 aromatic heterocycles. The van der Waals surface area contributed by atoms with Crippen LogP contribution in [-0.2, 0) is 4.79 Å². The maximum absolute atomic E-state index is 12.1. The molecule has 0 radical (unpaired) electrons. The van der Waals surface area contributed by atoms with Gasteiger partial charge < -0.3 is 14.7 Å². The van der Waals surface area contributed by atoms with Crippen molar-refractivity contribution < 1.29 is 14.6 Å². The van der Waals surface area contributed by atoms with Gasteiger partial charge in [-0.1, -0.05) is 15.9 Å². The molecule has 0 unspecified atom stereocenters. The van der Waals surface area contributed by atoms with Gasteiger partial charge in [-0.15, -0.1) is 0 Å². The fourth-order valence-corrected chi connectivity index (χ4v) is 2.73. The molecule has 1 aliphatic rings. The van der Waals surface area contributed by atoms with Gasteiger partial charge in [0.25, 0.3) is 0 Å². The molecule has 1 N–H and O–H groups in total. The summed E-state index contributed by atoms with van der Waals surface area (Å²) in [5, 5.41) is 9.09. The predicted octanol–water partition coefficient (Wildman–Crippen LogP) is 2.84. The molecule has 1 heterocycles. The lowest BCUT2D eigenvalue weighted by atomic mass is 9.97. The van der Waals surface area contributed by atoms with Crippen LogP contribution in [0.2, 0.25) is 0 Å². The summed E-state index contributed by atoms with van der Waals surface area (Å²) in [6, 6.07) is 7.69. The van der Waals surface area contributed by atoms with Crippen molar-refractivity contribution in [1.29, 1.82) is 0 Å². The molecule has 0 aliphatic carbocycles. The van der Waals surface area contributed by atoms with Gasteiger partial charge in [-0.3, -0.25) is 4.79 Å². The van der Waals surface area contributed by atoms with E-state index in [0.29, 0.717) is 18.9 Å². The second-order valence-electron chi connectivity index (χ2n) is 5.41. The number of halogens is 1. The normalized spacial score (nSPS) is 16.0. The number of likely N-dealkylation sites (tertiary alicyclic amines) is 1. The molecule has 2 rings (SSSR count). The molecule has 0 bridgehead atoms. The Kier molecular flexibility index (Phi) is 6.51. The number of aliphatic hydroxyl groups excluding tert-OH is 1. The number of hydrogen-bond donors (Lipinski definition) is 1. The van der Waals surface area contributed by atoms with E-state index >= 15 is 0 Å². The van der Waals surface area contributed by atoms with Gasteiger partial charge in [0.05, 0.1) is 6.61 Å². The minimum Gasteiger partial charge on any atom is -0.494 e. The SMILES string of the molecule is O=C(CCCOc1ccc(Br)cc1)N1CCC(CO)CC1. The van der Waals surface area contributed by atoms with E-state index in [1.54, 1.807) is 0 Å². The Labute approximate surface area is 134 Å². The molecule has 1 aromatic carbocycles. The highest BCUT2D eigenvalue weighted by atomic mass is 79.9. The van der Waals surface area contributed by atoms with Gasteiger partial charge in [-0.05, 0) is 49.4 Å². The predicted molar refractivity (Wildman–Crippen MR) is 85.3 cm³/mol. The summed E-state index contributed by atoms with van der Waals surface area (Å²) in [4.78, 5) is 14.0. The first-order valence-electron chi connectivity index (χ1n) is 7.46. The number of ether oxygens (including phenoxy) is 1. The Morgan fingerprint density at radius 2 is 1.95 bits per heavy atom. The topological polar surface area (TPSA) is 49.8 Å². The first kappa shape index (κ1) is 16.3. The maximum Gasteiger partial charge on any atom is 0.222 e. The molecule has 21 heavy (non-hydrogen) atoms. The summed E-state index contributed by atoms with van der Waals surface area (Å²) < 4.78 is 6.63. The van der Waals surface area contributed by atoms with Crippen molar-refractivity contribution in [2.45, 2.75) is 25.7 Å². The molecule has 116 valence electrons. The summed E-state index contributed by atoms with van der Waals surface area (Å²) in [5.41, 5.74) is 0. The van der Waals surface area contributed by atoms with E-state index in [-0.39, 0.29) is 12.5 Å². The average molecular weight is 356 g/mol. The minimum atomic E-state index is 0.200. The van der Waals surface area contributed by atoms with E-state index in [1.807, 2.05) is 29.2 Å². The van der Waals surface area contributed by atoms with Gasteiger partial charge in [0.15, 0.2) is 0 Å². The molecule has 1 aromatic rings. The molecular weight excluding hydrogens is 334 g/mol. The molecule has 5 heteroatoms. The number of nitrogens with zero attached hydrogens (tertiary/aromatic N) is 1. The summed E-state index contributed by atoms with van der Waals surface area (Å²) in [6.07, 6.45) is 3.09. The Bertz CT molecular complexity index is 441. The Hall–Kier alpha value is -1.07. The molecule has 1 amide bonds. The van der Waals surface area contributed by atoms with E-state index in [4.69, 9.17) is 9.84 Å². The van der Waals surface area contributed by atoms with Gasteiger partial charge in [0.1, 0.15) is 5.75 Å². The summed E-state index contributed by atoms with van der Waals surface area (Å²) in [5.74, 6) is 1.40. The monoisotopic (exact) mass is 355 g/mol. The molecule has 0 atom stereocenters. The van der Waals surface area contributed by atoms with E-state index in [0.717, 1.165) is 42.6 Å². The number of hydrogen-bond acceptors (Lipinski definition) is 3. The average Bonchev–Trinajstić information content (AvgIpc) is 2.53. The number of benzene rings is 1. The second-order valence-corrected chi connectivity index (χ2v) is 6.33. The van der Waals surface area contributed by atoms with Crippen LogP contribution in [0.4, 0.5) is 0 Å². The van der Waals surface area contributed by atoms with Crippen molar-refractivity contribution >= 4 is 21.8 Å². The van der Waals surface area contributed by atoms with Crippen LogP contribution in [0, 0.1) is 5.92 Å². The highest BCUT2D eigenvalue weighted by Crippen LogP contribution is 2.18. The van der Waals surface area contributed by atoms with E-state index in [1.165, 1.54) is 0 Å². The number of piperidine rings is 1. The van der Waals surface area contributed by atoms with Crippen LogP contribution in [0.5, 0.6) is 5.75 Å².